The zero-order valence-corrected chi connectivity index (χ0v) is 13.2. The van der Waals surface area contributed by atoms with Gasteiger partial charge in [0.05, 0.1) is 13.2 Å². The molecule has 0 aliphatic carbocycles. The molecule has 1 aromatic rings. The Morgan fingerprint density at radius 2 is 1.96 bits per heavy atom. The maximum absolute atomic E-state index is 12.1. The molecule has 1 fully saturated rings. The van der Waals surface area contributed by atoms with Crippen LogP contribution in [0.5, 0.6) is 5.75 Å². The first-order chi connectivity index (χ1) is 11.0. The van der Waals surface area contributed by atoms with Crippen LogP contribution in [-0.2, 0) is 16.1 Å². The Hall–Kier alpha value is -1.73. The van der Waals surface area contributed by atoms with Gasteiger partial charge in [0.2, 0.25) is 5.91 Å². The number of alkyl halides is 2. The van der Waals surface area contributed by atoms with Gasteiger partial charge < -0.3 is 19.3 Å². The third-order valence-electron chi connectivity index (χ3n) is 3.67. The van der Waals surface area contributed by atoms with E-state index in [1.807, 2.05) is 16.8 Å². The predicted octanol–water partition coefficient (Wildman–Crippen LogP) is 1.97. The zero-order valence-electron chi connectivity index (χ0n) is 13.2. The van der Waals surface area contributed by atoms with E-state index in [0.717, 1.165) is 5.56 Å². The third kappa shape index (κ3) is 6.11. The molecule has 5 nitrogen and oxygen atoms in total. The van der Waals surface area contributed by atoms with Crippen molar-refractivity contribution in [2.45, 2.75) is 19.6 Å². The Morgan fingerprint density at radius 3 is 2.57 bits per heavy atom. The van der Waals surface area contributed by atoms with Gasteiger partial charge in [0.15, 0.2) is 0 Å². The molecule has 2 rings (SSSR count). The van der Waals surface area contributed by atoms with Crippen molar-refractivity contribution < 1.29 is 23.0 Å². The van der Waals surface area contributed by atoms with E-state index in [1.165, 1.54) is 12.1 Å². The second kappa shape index (κ2) is 8.79. The quantitative estimate of drug-likeness (QED) is 0.767. The molecular formula is C16H22F2N2O3. The number of carbonyl (C=O) groups is 1. The smallest absolute Gasteiger partial charge is 0.387 e. The minimum Gasteiger partial charge on any atom is -0.435 e. The van der Waals surface area contributed by atoms with Gasteiger partial charge in [0.1, 0.15) is 5.75 Å². The number of ether oxygens (including phenoxy) is 2. The maximum atomic E-state index is 12.1. The van der Waals surface area contributed by atoms with Gasteiger partial charge in [-0.1, -0.05) is 12.1 Å². The van der Waals surface area contributed by atoms with E-state index in [4.69, 9.17) is 4.74 Å². The minimum atomic E-state index is -2.81. The average Bonchev–Trinajstić information content (AvgIpc) is 2.55. The lowest BCUT2D eigenvalue weighted by atomic mass is 10.2. The van der Waals surface area contributed by atoms with E-state index in [9.17, 15) is 13.6 Å². The second-order valence-electron chi connectivity index (χ2n) is 5.50. The van der Waals surface area contributed by atoms with E-state index in [-0.39, 0.29) is 11.7 Å². The highest BCUT2D eigenvalue weighted by atomic mass is 19.3. The first-order valence-corrected chi connectivity index (χ1v) is 7.62. The summed E-state index contributed by atoms with van der Waals surface area (Å²) in [6.07, 6.45) is 0.461. The summed E-state index contributed by atoms with van der Waals surface area (Å²) in [6.45, 7) is 1.01. The fourth-order valence-corrected chi connectivity index (χ4v) is 2.42. The van der Waals surface area contributed by atoms with Crippen molar-refractivity contribution >= 4 is 5.91 Å². The largest absolute Gasteiger partial charge is 0.435 e. The molecule has 0 aromatic heterocycles. The number of hydrogen-bond acceptors (Lipinski definition) is 4. The molecule has 1 saturated heterocycles. The van der Waals surface area contributed by atoms with Crippen LogP contribution in [0.25, 0.3) is 0 Å². The number of benzene rings is 1. The highest BCUT2D eigenvalue weighted by Crippen LogP contribution is 2.15. The van der Waals surface area contributed by atoms with Crippen LogP contribution in [0.3, 0.4) is 0 Å². The van der Waals surface area contributed by atoms with Crippen molar-refractivity contribution in [1.29, 1.82) is 0 Å². The number of halogens is 2. The summed E-state index contributed by atoms with van der Waals surface area (Å²) >= 11 is 0. The highest BCUT2D eigenvalue weighted by molar-refractivity contribution is 5.76. The molecule has 7 heteroatoms. The van der Waals surface area contributed by atoms with E-state index in [0.29, 0.717) is 45.8 Å². The fraction of sp³-hybridized carbons (Fsp3) is 0.562. The molecule has 23 heavy (non-hydrogen) atoms. The maximum Gasteiger partial charge on any atom is 0.387 e. The average molecular weight is 328 g/mol. The van der Waals surface area contributed by atoms with Crippen LogP contribution in [0.1, 0.15) is 12.0 Å². The van der Waals surface area contributed by atoms with Gasteiger partial charge >= 0.3 is 6.61 Å². The molecule has 0 unspecified atom stereocenters. The summed E-state index contributed by atoms with van der Waals surface area (Å²) in [4.78, 5) is 15.9. The van der Waals surface area contributed by atoms with Gasteiger partial charge in [-0.05, 0) is 24.7 Å². The molecule has 1 heterocycles. The van der Waals surface area contributed by atoms with Crippen molar-refractivity contribution in [2.24, 2.45) is 0 Å². The first-order valence-electron chi connectivity index (χ1n) is 7.62. The summed E-state index contributed by atoms with van der Waals surface area (Å²) in [5, 5.41) is 0. The molecule has 1 amide bonds. The topological polar surface area (TPSA) is 42.0 Å². The number of hydrogen-bond donors (Lipinski definition) is 0. The van der Waals surface area contributed by atoms with E-state index >= 15 is 0 Å². The summed E-state index contributed by atoms with van der Waals surface area (Å²) < 4.78 is 33.7. The Bertz CT molecular complexity index is 491. The number of nitrogens with zero attached hydrogens (tertiary/aromatic N) is 2. The summed E-state index contributed by atoms with van der Waals surface area (Å²) in [7, 11) is 1.93. The monoisotopic (exact) mass is 328 g/mol. The minimum absolute atomic E-state index is 0.140. The Balaban J connectivity index is 1.73. The molecule has 1 aromatic carbocycles. The number of morpholine rings is 1. The number of carbonyl (C=O) groups excluding carboxylic acids is 1. The fourth-order valence-electron chi connectivity index (χ4n) is 2.42. The molecule has 1 aliphatic heterocycles. The van der Waals surface area contributed by atoms with Gasteiger partial charge in [-0.15, -0.1) is 0 Å². The molecule has 0 saturated carbocycles. The summed E-state index contributed by atoms with van der Waals surface area (Å²) in [6, 6.07) is 6.54. The van der Waals surface area contributed by atoms with Crippen LogP contribution >= 0.6 is 0 Å². The van der Waals surface area contributed by atoms with Gasteiger partial charge in [0.25, 0.3) is 0 Å². The van der Waals surface area contributed by atoms with Crippen molar-refractivity contribution in [1.82, 2.24) is 9.80 Å². The second-order valence-corrected chi connectivity index (χ2v) is 5.50. The molecule has 1 aliphatic rings. The number of rotatable bonds is 7. The van der Waals surface area contributed by atoms with Crippen LogP contribution < -0.4 is 4.74 Å². The standard InChI is InChI=1S/C16H22F2N2O3/c1-19(7-6-15(21)20-8-10-22-11-9-20)12-13-2-4-14(5-3-13)23-16(17)18/h2-5,16H,6-12H2,1H3. The molecule has 128 valence electrons. The first kappa shape index (κ1) is 17.6. The third-order valence-corrected chi connectivity index (χ3v) is 3.67. The lowest BCUT2D eigenvalue weighted by Crippen LogP contribution is -2.41. The molecule has 0 spiro atoms. The van der Waals surface area contributed by atoms with E-state index in [1.54, 1.807) is 12.1 Å². The molecule has 0 N–H and O–H groups in total. The van der Waals surface area contributed by atoms with Crippen LogP contribution in [-0.4, -0.2) is 62.2 Å². The van der Waals surface area contributed by atoms with Crippen LogP contribution in [0.4, 0.5) is 8.78 Å². The van der Waals surface area contributed by atoms with Gasteiger partial charge in [0, 0.05) is 32.6 Å². The van der Waals surface area contributed by atoms with Crippen LogP contribution in [0, 0.1) is 0 Å². The lowest BCUT2D eigenvalue weighted by Gasteiger charge is -2.27. The Labute approximate surface area is 134 Å². The van der Waals surface area contributed by atoms with E-state index < -0.39 is 6.61 Å². The molecular weight excluding hydrogens is 306 g/mol. The van der Waals surface area contributed by atoms with Crippen molar-refractivity contribution in [2.75, 3.05) is 39.9 Å². The predicted molar refractivity (Wildman–Crippen MR) is 81.4 cm³/mol. The van der Waals surface area contributed by atoms with Gasteiger partial charge in [-0.2, -0.15) is 8.78 Å². The van der Waals surface area contributed by atoms with Crippen molar-refractivity contribution in [3.05, 3.63) is 29.8 Å². The summed E-state index contributed by atoms with van der Waals surface area (Å²) in [5.41, 5.74) is 0.980. The molecule has 0 radical (unpaired) electrons. The highest BCUT2D eigenvalue weighted by Gasteiger charge is 2.16. The van der Waals surface area contributed by atoms with Crippen LogP contribution in [0.15, 0.2) is 24.3 Å². The Kier molecular flexibility index (Phi) is 6.73. The Morgan fingerprint density at radius 1 is 1.30 bits per heavy atom. The molecule has 0 bridgehead atoms. The SMILES string of the molecule is CN(CCC(=O)N1CCOCC1)Cc1ccc(OC(F)F)cc1. The van der Waals surface area contributed by atoms with Crippen molar-refractivity contribution in [3.63, 3.8) is 0 Å². The van der Waals surface area contributed by atoms with E-state index in [2.05, 4.69) is 4.74 Å². The molecule has 0 atom stereocenters. The zero-order chi connectivity index (χ0) is 16.7. The van der Waals surface area contributed by atoms with Gasteiger partial charge in [-0.25, -0.2) is 0 Å². The lowest BCUT2D eigenvalue weighted by molar-refractivity contribution is -0.135. The summed E-state index contributed by atoms with van der Waals surface area (Å²) in [5.74, 6) is 0.287. The van der Waals surface area contributed by atoms with Crippen molar-refractivity contribution in [3.8, 4) is 5.75 Å². The van der Waals surface area contributed by atoms with Gasteiger partial charge in [-0.3, -0.25) is 4.79 Å². The van der Waals surface area contributed by atoms with Crippen LogP contribution in [0.2, 0.25) is 0 Å². The normalized spacial score (nSPS) is 15.3. The number of amides is 1.